The van der Waals surface area contributed by atoms with Gasteiger partial charge in [-0.2, -0.15) is 13.2 Å². The Morgan fingerprint density at radius 2 is 2.05 bits per heavy atom. The van der Waals surface area contributed by atoms with Gasteiger partial charge >= 0.3 is 6.18 Å². The van der Waals surface area contributed by atoms with Crippen LogP contribution >= 0.6 is 0 Å². The van der Waals surface area contributed by atoms with Crippen LogP contribution in [0.1, 0.15) is 32.3 Å². The van der Waals surface area contributed by atoms with Crippen LogP contribution in [0.15, 0.2) is 24.3 Å². The standard InChI is InChI=1S/C8H7F3O.C8H17N/c1-12-7-4-2-3-6(5-7)8(9,10)11;1-3-9-6-4-5-8(2)7-9/h2-5H,1H3;8H,3-7H2,1-2H3. The highest BCUT2D eigenvalue weighted by Gasteiger charge is 2.30. The van der Waals surface area contributed by atoms with Gasteiger partial charge in [-0.25, -0.2) is 0 Å². The summed E-state index contributed by atoms with van der Waals surface area (Å²) in [5, 5.41) is 0. The SMILES string of the molecule is CCN1CCCC(C)C1.COc1cccc(C(F)(F)F)c1. The van der Waals surface area contributed by atoms with E-state index in [1.165, 1.54) is 51.7 Å². The molecule has 1 aromatic rings. The lowest BCUT2D eigenvalue weighted by molar-refractivity contribution is -0.137. The highest BCUT2D eigenvalue weighted by atomic mass is 19.4. The number of alkyl halides is 3. The van der Waals surface area contributed by atoms with Crippen LogP contribution in [0.25, 0.3) is 0 Å². The quantitative estimate of drug-likeness (QED) is 0.800. The maximum atomic E-state index is 12.0. The summed E-state index contributed by atoms with van der Waals surface area (Å²) in [6.07, 6.45) is -1.44. The lowest BCUT2D eigenvalue weighted by Gasteiger charge is -2.29. The van der Waals surface area contributed by atoms with E-state index < -0.39 is 11.7 Å². The molecule has 0 spiro atoms. The molecule has 1 saturated heterocycles. The van der Waals surface area contributed by atoms with Crippen LogP contribution in [0.3, 0.4) is 0 Å². The fraction of sp³-hybridized carbons (Fsp3) is 0.625. The summed E-state index contributed by atoms with van der Waals surface area (Å²) >= 11 is 0. The van der Waals surface area contributed by atoms with Gasteiger partial charge in [0.25, 0.3) is 0 Å². The van der Waals surface area contributed by atoms with Crippen molar-refractivity contribution in [2.45, 2.75) is 32.9 Å². The lowest BCUT2D eigenvalue weighted by atomic mass is 10.0. The number of benzene rings is 1. The Kier molecular flexibility index (Phi) is 7.02. The molecule has 5 heteroatoms. The number of likely N-dealkylation sites (tertiary alicyclic amines) is 1. The summed E-state index contributed by atoms with van der Waals surface area (Å²) < 4.78 is 40.8. The van der Waals surface area contributed by atoms with Crippen molar-refractivity contribution in [3.05, 3.63) is 29.8 Å². The van der Waals surface area contributed by atoms with Crippen molar-refractivity contribution in [2.75, 3.05) is 26.7 Å². The minimum Gasteiger partial charge on any atom is -0.497 e. The largest absolute Gasteiger partial charge is 0.497 e. The van der Waals surface area contributed by atoms with Crippen LogP contribution in [0.5, 0.6) is 5.75 Å². The normalized spacial score (nSPS) is 19.6. The van der Waals surface area contributed by atoms with Gasteiger partial charge < -0.3 is 9.64 Å². The third kappa shape index (κ3) is 6.38. The minimum atomic E-state index is -4.30. The van der Waals surface area contributed by atoms with Gasteiger partial charge in [-0.3, -0.25) is 0 Å². The first-order valence-electron chi connectivity index (χ1n) is 7.30. The predicted octanol–water partition coefficient (Wildman–Crippen LogP) is 4.45. The van der Waals surface area contributed by atoms with Crippen molar-refractivity contribution < 1.29 is 17.9 Å². The van der Waals surface area contributed by atoms with Crippen molar-refractivity contribution in [2.24, 2.45) is 5.92 Å². The molecule has 1 fully saturated rings. The number of hydrogen-bond acceptors (Lipinski definition) is 2. The zero-order valence-electron chi connectivity index (χ0n) is 12.9. The van der Waals surface area contributed by atoms with Crippen LogP contribution in [0.2, 0.25) is 0 Å². The van der Waals surface area contributed by atoms with Crippen LogP contribution in [-0.2, 0) is 6.18 Å². The van der Waals surface area contributed by atoms with Crippen molar-refractivity contribution >= 4 is 0 Å². The number of halogens is 3. The van der Waals surface area contributed by atoms with Crippen LogP contribution in [0, 0.1) is 5.92 Å². The first-order chi connectivity index (χ1) is 9.86. The first-order valence-corrected chi connectivity index (χ1v) is 7.30. The molecule has 21 heavy (non-hydrogen) atoms. The van der Waals surface area contributed by atoms with E-state index >= 15 is 0 Å². The van der Waals surface area contributed by atoms with Crippen molar-refractivity contribution in [1.82, 2.24) is 4.90 Å². The molecule has 1 aromatic carbocycles. The van der Waals surface area contributed by atoms with Crippen LogP contribution < -0.4 is 4.74 Å². The number of piperidine rings is 1. The molecule has 2 rings (SSSR count). The zero-order valence-corrected chi connectivity index (χ0v) is 12.9. The molecule has 0 bridgehead atoms. The Morgan fingerprint density at radius 1 is 1.33 bits per heavy atom. The number of rotatable bonds is 2. The van der Waals surface area contributed by atoms with E-state index in [-0.39, 0.29) is 5.75 Å². The molecule has 0 radical (unpaired) electrons. The van der Waals surface area contributed by atoms with E-state index in [1.54, 1.807) is 0 Å². The summed E-state index contributed by atoms with van der Waals surface area (Å²) in [5.41, 5.74) is -0.693. The molecular formula is C16H24F3NO. The summed E-state index contributed by atoms with van der Waals surface area (Å²) in [6.45, 7) is 8.50. The van der Waals surface area contributed by atoms with Gasteiger partial charge in [-0.1, -0.05) is 19.9 Å². The van der Waals surface area contributed by atoms with Crippen molar-refractivity contribution in [3.63, 3.8) is 0 Å². The maximum absolute atomic E-state index is 12.0. The fourth-order valence-corrected chi connectivity index (χ4v) is 2.37. The van der Waals surface area contributed by atoms with E-state index in [0.29, 0.717) is 0 Å². The molecule has 1 aliphatic rings. The van der Waals surface area contributed by atoms with Gasteiger partial charge in [0.05, 0.1) is 12.7 Å². The average Bonchev–Trinajstić information content (AvgIpc) is 2.47. The second-order valence-electron chi connectivity index (χ2n) is 5.37. The third-order valence-corrected chi connectivity index (χ3v) is 3.59. The highest BCUT2D eigenvalue weighted by molar-refractivity contribution is 5.29. The molecule has 0 N–H and O–H groups in total. The molecule has 0 saturated carbocycles. The number of methoxy groups -OCH3 is 1. The van der Waals surface area contributed by atoms with Crippen LogP contribution in [-0.4, -0.2) is 31.6 Å². The molecular weight excluding hydrogens is 279 g/mol. The molecule has 120 valence electrons. The topological polar surface area (TPSA) is 12.5 Å². The molecule has 0 amide bonds. The number of nitrogens with zero attached hydrogens (tertiary/aromatic N) is 1. The van der Waals surface area contributed by atoms with Gasteiger partial charge in [-0.15, -0.1) is 0 Å². The summed E-state index contributed by atoms with van der Waals surface area (Å²) in [6, 6.07) is 4.74. The Hall–Kier alpha value is -1.23. The van der Waals surface area contributed by atoms with E-state index in [1.807, 2.05) is 0 Å². The second kappa shape index (κ2) is 8.27. The molecule has 1 unspecified atom stereocenters. The van der Waals surface area contributed by atoms with Gasteiger partial charge in [0, 0.05) is 6.54 Å². The zero-order chi connectivity index (χ0) is 15.9. The second-order valence-corrected chi connectivity index (χ2v) is 5.37. The first kappa shape index (κ1) is 17.8. The molecule has 1 heterocycles. The fourth-order valence-electron chi connectivity index (χ4n) is 2.37. The third-order valence-electron chi connectivity index (χ3n) is 3.59. The Bertz CT molecular complexity index is 420. The number of hydrogen-bond donors (Lipinski definition) is 0. The molecule has 1 aliphatic heterocycles. The smallest absolute Gasteiger partial charge is 0.416 e. The molecule has 0 aromatic heterocycles. The maximum Gasteiger partial charge on any atom is 0.416 e. The van der Waals surface area contributed by atoms with E-state index in [9.17, 15) is 13.2 Å². The van der Waals surface area contributed by atoms with E-state index in [2.05, 4.69) is 23.5 Å². The van der Waals surface area contributed by atoms with Crippen LogP contribution in [0.4, 0.5) is 13.2 Å². The van der Waals surface area contributed by atoms with Gasteiger partial charge in [0.15, 0.2) is 0 Å². The molecule has 1 atom stereocenters. The van der Waals surface area contributed by atoms with Gasteiger partial charge in [0.2, 0.25) is 0 Å². The van der Waals surface area contributed by atoms with Crippen molar-refractivity contribution in [1.29, 1.82) is 0 Å². The lowest BCUT2D eigenvalue weighted by Crippen LogP contribution is -2.33. The highest BCUT2D eigenvalue weighted by Crippen LogP contribution is 2.30. The summed E-state index contributed by atoms with van der Waals surface area (Å²) in [7, 11) is 1.33. The van der Waals surface area contributed by atoms with E-state index in [4.69, 9.17) is 0 Å². The Labute approximate surface area is 124 Å². The monoisotopic (exact) mass is 303 g/mol. The average molecular weight is 303 g/mol. The number of ether oxygens (including phenoxy) is 1. The Morgan fingerprint density at radius 3 is 2.52 bits per heavy atom. The predicted molar refractivity (Wildman–Crippen MR) is 78.5 cm³/mol. The van der Waals surface area contributed by atoms with Gasteiger partial charge in [-0.05, 0) is 50.0 Å². The minimum absolute atomic E-state index is 0.213. The van der Waals surface area contributed by atoms with Gasteiger partial charge in [0.1, 0.15) is 5.75 Å². The van der Waals surface area contributed by atoms with Crippen molar-refractivity contribution in [3.8, 4) is 5.75 Å². The Balaban J connectivity index is 0.000000219. The van der Waals surface area contributed by atoms with E-state index in [0.717, 1.165) is 18.1 Å². The molecule has 0 aliphatic carbocycles. The molecule has 2 nitrogen and oxygen atoms in total. The summed E-state index contributed by atoms with van der Waals surface area (Å²) in [4.78, 5) is 2.54. The summed E-state index contributed by atoms with van der Waals surface area (Å²) in [5.74, 6) is 1.16.